The van der Waals surface area contributed by atoms with Crippen LogP contribution in [0.4, 0.5) is 4.79 Å². The van der Waals surface area contributed by atoms with E-state index in [0.29, 0.717) is 6.42 Å². The van der Waals surface area contributed by atoms with Crippen molar-refractivity contribution < 1.29 is 14.3 Å². The van der Waals surface area contributed by atoms with Gasteiger partial charge in [0.2, 0.25) is 6.08 Å². The topological polar surface area (TPSA) is 67.8 Å². The van der Waals surface area contributed by atoms with Crippen LogP contribution in [0.3, 0.4) is 0 Å². The molecular weight excluding hydrogens is 280 g/mol. The van der Waals surface area contributed by atoms with E-state index in [9.17, 15) is 9.59 Å². The lowest BCUT2D eigenvalue weighted by molar-refractivity contribution is 0.136. The molecule has 1 N–H and O–H groups in total. The second-order valence-electron chi connectivity index (χ2n) is 4.63. The molecule has 2 rings (SSSR count). The lowest BCUT2D eigenvalue weighted by Gasteiger charge is -2.13. The Labute approximate surface area is 128 Å². The van der Waals surface area contributed by atoms with Crippen LogP contribution >= 0.6 is 0 Å². The number of hydrogen-bond acceptors (Lipinski definition) is 4. The third-order valence-corrected chi connectivity index (χ3v) is 2.98. The van der Waals surface area contributed by atoms with E-state index in [1.165, 1.54) is 6.08 Å². The van der Waals surface area contributed by atoms with Gasteiger partial charge in [0.1, 0.15) is 12.8 Å². The number of carbonyl (C=O) groups excluding carboxylic acids is 2. The summed E-state index contributed by atoms with van der Waals surface area (Å²) in [6.45, 7) is 0.162. The summed E-state index contributed by atoms with van der Waals surface area (Å²) < 4.78 is 5.10. The van der Waals surface area contributed by atoms with Crippen LogP contribution in [0, 0.1) is 0 Å². The number of nitrogens with one attached hydrogen (secondary N) is 1. The number of hydrogen-bond donors (Lipinski definition) is 1. The third kappa shape index (κ3) is 5.23. The molecule has 1 amide bonds. The van der Waals surface area contributed by atoms with Gasteiger partial charge in [-0.15, -0.1) is 0 Å². The molecule has 0 aliphatic heterocycles. The van der Waals surface area contributed by atoms with Crippen LogP contribution in [0.1, 0.15) is 11.1 Å². The Balaban J connectivity index is 1.87. The number of isocyanates is 1. The average Bonchev–Trinajstić information content (AvgIpc) is 2.55. The normalized spacial score (nSPS) is 11.1. The fourth-order valence-electron chi connectivity index (χ4n) is 1.93. The lowest BCUT2D eigenvalue weighted by Crippen LogP contribution is -2.35. The minimum absolute atomic E-state index is 0.162. The molecule has 2 aromatic carbocycles. The van der Waals surface area contributed by atoms with E-state index in [-0.39, 0.29) is 6.61 Å². The maximum Gasteiger partial charge on any atom is 0.409 e. The van der Waals surface area contributed by atoms with Gasteiger partial charge in [0, 0.05) is 6.42 Å². The van der Waals surface area contributed by atoms with E-state index in [0.717, 1.165) is 11.1 Å². The van der Waals surface area contributed by atoms with E-state index < -0.39 is 12.3 Å². The van der Waals surface area contributed by atoms with E-state index in [4.69, 9.17) is 4.74 Å². The Morgan fingerprint density at radius 2 is 1.64 bits per heavy atom. The first-order valence-electron chi connectivity index (χ1n) is 6.86. The monoisotopic (exact) mass is 296 g/mol. The summed E-state index contributed by atoms with van der Waals surface area (Å²) in [5.41, 5.74) is 1.84. The van der Waals surface area contributed by atoms with Gasteiger partial charge < -0.3 is 4.74 Å². The molecule has 22 heavy (non-hydrogen) atoms. The summed E-state index contributed by atoms with van der Waals surface area (Å²) in [5.74, 6) is 0. The number of alkyl carbamates (subject to hydrolysis) is 1. The van der Waals surface area contributed by atoms with E-state index in [2.05, 4.69) is 10.3 Å². The molecule has 1 atom stereocenters. The Morgan fingerprint density at radius 1 is 1.05 bits per heavy atom. The summed E-state index contributed by atoms with van der Waals surface area (Å²) in [6.07, 6.45) is 0.558. The summed E-state index contributed by atoms with van der Waals surface area (Å²) in [6, 6.07) is 18.8. The molecule has 0 radical (unpaired) electrons. The van der Waals surface area contributed by atoms with E-state index in [1.807, 2.05) is 60.7 Å². The predicted octanol–water partition coefficient (Wildman–Crippen LogP) is 2.82. The van der Waals surface area contributed by atoms with Crippen molar-refractivity contribution in [2.75, 3.05) is 0 Å². The molecule has 5 heteroatoms. The molecule has 0 fully saturated rings. The van der Waals surface area contributed by atoms with Crippen LogP contribution in [-0.4, -0.2) is 18.3 Å². The second kappa shape index (κ2) is 8.39. The molecule has 0 bridgehead atoms. The number of amides is 1. The van der Waals surface area contributed by atoms with Crippen molar-refractivity contribution in [3.8, 4) is 0 Å². The second-order valence-corrected chi connectivity index (χ2v) is 4.63. The van der Waals surface area contributed by atoms with Gasteiger partial charge in [-0.05, 0) is 11.1 Å². The molecule has 1 unspecified atom stereocenters. The maximum absolute atomic E-state index is 11.8. The van der Waals surface area contributed by atoms with Crippen LogP contribution in [-0.2, 0) is 22.6 Å². The minimum atomic E-state index is -0.692. The molecule has 112 valence electrons. The highest BCUT2D eigenvalue weighted by molar-refractivity contribution is 5.67. The quantitative estimate of drug-likeness (QED) is 0.658. The van der Waals surface area contributed by atoms with Crippen molar-refractivity contribution in [2.45, 2.75) is 19.2 Å². The van der Waals surface area contributed by atoms with Gasteiger partial charge in [-0.25, -0.2) is 9.59 Å². The molecule has 0 spiro atoms. The molecule has 0 heterocycles. The molecule has 0 saturated heterocycles. The average molecular weight is 296 g/mol. The number of carbonyl (C=O) groups is 1. The van der Waals surface area contributed by atoms with Crippen molar-refractivity contribution in [1.29, 1.82) is 0 Å². The Bertz CT molecular complexity index is 637. The lowest BCUT2D eigenvalue weighted by atomic mass is 10.1. The molecule has 2 aromatic rings. The van der Waals surface area contributed by atoms with Crippen LogP contribution in [0.5, 0.6) is 0 Å². The van der Waals surface area contributed by atoms with Gasteiger partial charge in [-0.1, -0.05) is 60.7 Å². The number of aliphatic imine (C=N–C) groups is 1. The Morgan fingerprint density at radius 3 is 2.23 bits per heavy atom. The number of nitrogens with zero attached hydrogens (tertiary/aromatic N) is 1. The van der Waals surface area contributed by atoms with Crippen LogP contribution in [0.25, 0.3) is 0 Å². The summed E-state index contributed by atoms with van der Waals surface area (Å²) in [5, 5.41) is 2.55. The molecule has 0 saturated carbocycles. The van der Waals surface area contributed by atoms with Gasteiger partial charge in [-0.2, -0.15) is 4.99 Å². The fourth-order valence-corrected chi connectivity index (χ4v) is 1.93. The highest BCUT2D eigenvalue weighted by atomic mass is 16.5. The number of rotatable bonds is 6. The zero-order valence-electron chi connectivity index (χ0n) is 11.9. The number of ether oxygens (including phenoxy) is 1. The molecule has 0 aromatic heterocycles. The van der Waals surface area contributed by atoms with E-state index in [1.54, 1.807) is 0 Å². The minimum Gasteiger partial charge on any atom is -0.445 e. The molecule has 0 aliphatic carbocycles. The Hall–Kier alpha value is -2.91. The van der Waals surface area contributed by atoms with E-state index >= 15 is 0 Å². The van der Waals surface area contributed by atoms with Gasteiger partial charge in [0.05, 0.1) is 0 Å². The SMILES string of the molecule is O=C=NC(Cc1ccccc1)NC(=O)OCc1ccccc1. The van der Waals surface area contributed by atoms with Gasteiger partial charge in [0.25, 0.3) is 0 Å². The standard InChI is InChI=1S/C17H16N2O3/c20-13-18-16(11-14-7-3-1-4-8-14)19-17(21)22-12-15-9-5-2-6-10-15/h1-10,16H,11-12H2,(H,19,21). The highest BCUT2D eigenvalue weighted by Crippen LogP contribution is 2.05. The molecule has 0 aliphatic rings. The first kappa shape index (κ1) is 15.5. The van der Waals surface area contributed by atoms with Crippen molar-refractivity contribution in [2.24, 2.45) is 4.99 Å². The van der Waals surface area contributed by atoms with Crippen molar-refractivity contribution >= 4 is 12.2 Å². The largest absolute Gasteiger partial charge is 0.445 e. The molecular formula is C17H16N2O3. The van der Waals surface area contributed by atoms with Gasteiger partial charge >= 0.3 is 6.09 Å². The first-order valence-corrected chi connectivity index (χ1v) is 6.86. The van der Waals surface area contributed by atoms with Gasteiger partial charge in [0.15, 0.2) is 0 Å². The Kier molecular flexibility index (Phi) is 5.91. The smallest absolute Gasteiger partial charge is 0.409 e. The van der Waals surface area contributed by atoms with Crippen LogP contribution in [0.15, 0.2) is 65.7 Å². The van der Waals surface area contributed by atoms with Crippen molar-refractivity contribution in [3.05, 3.63) is 71.8 Å². The van der Waals surface area contributed by atoms with Gasteiger partial charge in [-0.3, -0.25) is 5.32 Å². The predicted molar refractivity (Wildman–Crippen MR) is 81.8 cm³/mol. The highest BCUT2D eigenvalue weighted by Gasteiger charge is 2.12. The van der Waals surface area contributed by atoms with Crippen molar-refractivity contribution in [3.63, 3.8) is 0 Å². The summed E-state index contributed by atoms with van der Waals surface area (Å²) in [7, 11) is 0. The van der Waals surface area contributed by atoms with Crippen molar-refractivity contribution in [1.82, 2.24) is 5.32 Å². The van der Waals surface area contributed by atoms with Crippen LogP contribution in [0.2, 0.25) is 0 Å². The summed E-state index contributed by atoms with van der Waals surface area (Å²) >= 11 is 0. The number of benzene rings is 2. The third-order valence-electron chi connectivity index (χ3n) is 2.98. The summed E-state index contributed by atoms with van der Waals surface area (Å²) in [4.78, 5) is 25.8. The zero-order valence-corrected chi connectivity index (χ0v) is 11.9. The molecule has 5 nitrogen and oxygen atoms in total. The van der Waals surface area contributed by atoms with Crippen LogP contribution < -0.4 is 5.32 Å². The first-order chi connectivity index (χ1) is 10.8. The fraction of sp³-hybridized carbons (Fsp3) is 0.176. The maximum atomic E-state index is 11.8. The zero-order chi connectivity index (χ0) is 15.6.